The number of hydrogen-bond donors (Lipinski definition) is 1. The van der Waals surface area contributed by atoms with Gasteiger partial charge in [-0.2, -0.15) is 5.10 Å². The van der Waals surface area contributed by atoms with Crippen LogP contribution < -0.4 is 5.32 Å². The number of rotatable bonds is 6. The molecule has 3 aromatic heterocycles. The summed E-state index contributed by atoms with van der Waals surface area (Å²) < 4.78 is 1.73. The number of nitrogens with zero attached hydrogens (tertiary/aromatic N) is 5. The van der Waals surface area contributed by atoms with E-state index in [2.05, 4.69) is 15.4 Å². The molecule has 1 amide bonds. The van der Waals surface area contributed by atoms with Gasteiger partial charge in [-0.3, -0.25) is 9.48 Å². The summed E-state index contributed by atoms with van der Waals surface area (Å²) in [7, 11) is 1.86. The minimum Gasteiger partial charge on any atom is -0.339 e. The highest BCUT2D eigenvalue weighted by Gasteiger charge is 2.23. The third kappa shape index (κ3) is 5.31. The van der Waals surface area contributed by atoms with E-state index in [1.165, 1.54) is 0 Å². The topological polar surface area (TPSA) is 75.9 Å². The molecule has 0 radical (unpaired) electrons. The fourth-order valence-electron chi connectivity index (χ4n) is 3.76. The van der Waals surface area contributed by atoms with Crippen molar-refractivity contribution in [2.24, 2.45) is 13.0 Å². The maximum absolute atomic E-state index is 12.6. The summed E-state index contributed by atoms with van der Waals surface area (Å²) in [6.45, 7) is 1.57. The minimum atomic E-state index is 0.0575. The van der Waals surface area contributed by atoms with Crippen LogP contribution in [0.5, 0.6) is 0 Å². The van der Waals surface area contributed by atoms with Crippen LogP contribution in [0.25, 0.3) is 6.08 Å². The summed E-state index contributed by atoms with van der Waals surface area (Å²) in [6, 6.07) is 11.7. The first-order chi connectivity index (χ1) is 14.7. The summed E-state index contributed by atoms with van der Waals surface area (Å²) >= 11 is 0. The molecular weight excluding hydrogens is 376 g/mol. The van der Waals surface area contributed by atoms with Gasteiger partial charge in [-0.1, -0.05) is 12.1 Å². The van der Waals surface area contributed by atoms with E-state index in [1.807, 2.05) is 60.6 Å². The molecule has 0 saturated carbocycles. The van der Waals surface area contributed by atoms with E-state index < -0.39 is 0 Å². The molecule has 3 aromatic rings. The second kappa shape index (κ2) is 9.35. The molecule has 1 saturated heterocycles. The smallest absolute Gasteiger partial charge is 0.246 e. The van der Waals surface area contributed by atoms with Crippen molar-refractivity contribution in [1.29, 1.82) is 0 Å². The molecule has 7 nitrogen and oxygen atoms in total. The van der Waals surface area contributed by atoms with E-state index in [1.54, 1.807) is 23.2 Å². The number of hydrogen-bond acceptors (Lipinski definition) is 5. The number of amides is 1. The number of anilines is 2. The molecule has 154 valence electrons. The second-order valence-corrected chi connectivity index (χ2v) is 7.63. The highest BCUT2D eigenvalue weighted by Crippen LogP contribution is 2.22. The second-order valence-electron chi connectivity index (χ2n) is 7.63. The SMILES string of the molecule is Cn1cc(/C=C/C(=O)N2CCC[C@@H](Cc3cccc(Nc4ccccn4)n3)C2)cn1. The fraction of sp³-hybridized carbons (Fsp3) is 0.304. The Morgan fingerprint density at radius 1 is 1.23 bits per heavy atom. The van der Waals surface area contributed by atoms with Gasteiger partial charge in [0.1, 0.15) is 11.6 Å². The summed E-state index contributed by atoms with van der Waals surface area (Å²) in [5.41, 5.74) is 1.96. The molecule has 0 aromatic carbocycles. The number of nitrogens with one attached hydrogen (secondary N) is 1. The largest absolute Gasteiger partial charge is 0.339 e. The molecule has 1 N–H and O–H groups in total. The number of likely N-dealkylation sites (tertiary alicyclic amines) is 1. The molecule has 7 heteroatoms. The van der Waals surface area contributed by atoms with Gasteiger partial charge in [-0.25, -0.2) is 9.97 Å². The Kier molecular flexibility index (Phi) is 6.17. The van der Waals surface area contributed by atoms with Gasteiger partial charge in [0.25, 0.3) is 0 Å². The van der Waals surface area contributed by atoms with Crippen LogP contribution in [0, 0.1) is 5.92 Å². The maximum atomic E-state index is 12.6. The summed E-state index contributed by atoms with van der Waals surface area (Å²) in [5, 5.41) is 7.36. The Morgan fingerprint density at radius 2 is 2.13 bits per heavy atom. The summed E-state index contributed by atoms with van der Waals surface area (Å²) in [6.07, 6.45) is 11.8. The average Bonchev–Trinajstić information content (AvgIpc) is 3.18. The minimum absolute atomic E-state index is 0.0575. The third-order valence-electron chi connectivity index (χ3n) is 5.20. The first kappa shape index (κ1) is 19.8. The van der Waals surface area contributed by atoms with E-state index >= 15 is 0 Å². The fourth-order valence-corrected chi connectivity index (χ4v) is 3.76. The number of pyridine rings is 2. The molecule has 0 bridgehead atoms. The van der Waals surface area contributed by atoms with Crippen molar-refractivity contribution in [3.63, 3.8) is 0 Å². The molecule has 30 heavy (non-hydrogen) atoms. The van der Waals surface area contributed by atoms with E-state index in [4.69, 9.17) is 4.98 Å². The Morgan fingerprint density at radius 3 is 2.93 bits per heavy atom. The van der Waals surface area contributed by atoms with Crippen LogP contribution in [-0.4, -0.2) is 43.6 Å². The van der Waals surface area contributed by atoms with Gasteiger partial charge in [0.15, 0.2) is 0 Å². The molecule has 1 aliphatic heterocycles. The Labute approximate surface area is 176 Å². The Hall–Kier alpha value is -3.48. The van der Waals surface area contributed by atoms with Gasteiger partial charge < -0.3 is 10.2 Å². The van der Waals surface area contributed by atoms with Crippen LogP contribution in [0.1, 0.15) is 24.1 Å². The van der Waals surface area contributed by atoms with E-state index in [0.29, 0.717) is 5.92 Å². The summed E-state index contributed by atoms with van der Waals surface area (Å²) in [4.78, 5) is 23.6. The van der Waals surface area contributed by atoms with Crippen LogP contribution in [0.4, 0.5) is 11.6 Å². The predicted molar refractivity (Wildman–Crippen MR) is 117 cm³/mol. The molecule has 4 heterocycles. The van der Waals surface area contributed by atoms with Gasteiger partial charge in [0.05, 0.1) is 6.20 Å². The van der Waals surface area contributed by atoms with Crippen LogP contribution in [0.15, 0.2) is 61.1 Å². The third-order valence-corrected chi connectivity index (χ3v) is 5.20. The molecule has 4 rings (SSSR count). The monoisotopic (exact) mass is 402 g/mol. The number of carbonyl (C=O) groups is 1. The van der Waals surface area contributed by atoms with Crippen LogP contribution >= 0.6 is 0 Å². The molecule has 1 atom stereocenters. The van der Waals surface area contributed by atoms with Gasteiger partial charge in [-0.05, 0) is 55.5 Å². The highest BCUT2D eigenvalue weighted by atomic mass is 16.2. The lowest BCUT2D eigenvalue weighted by Crippen LogP contribution is -2.39. The number of carbonyl (C=O) groups excluding carboxylic acids is 1. The molecule has 0 spiro atoms. The lowest BCUT2D eigenvalue weighted by molar-refractivity contribution is -0.127. The van der Waals surface area contributed by atoms with Crippen molar-refractivity contribution in [3.05, 3.63) is 72.3 Å². The van der Waals surface area contributed by atoms with Gasteiger partial charge >= 0.3 is 0 Å². The maximum Gasteiger partial charge on any atom is 0.246 e. The van der Waals surface area contributed by atoms with Crippen LogP contribution in [0.2, 0.25) is 0 Å². The van der Waals surface area contributed by atoms with Crippen molar-refractivity contribution in [1.82, 2.24) is 24.6 Å². The quantitative estimate of drug-likeness (QED) is 0.639. The van der Waals surface area contributed by atoms with E-state index in [0.717, 1.165) is 55.2 Å². The standard InChI is InChI=1S/C23H26N6O/c1-28-16-19(15-25-28)10-11-23(30)29-13-5-6-18(17-29)14-20-7-4-9-22(26-20)27-21-8-2-3-12-24-21/h2-4,7-12,15-16,18H,5-6,13-14,17H2,1H3,(H,24,26,27)/b11-10+/t18-/m0/s1. The lowest BCUT2D eigenvalue weighted by atomic mass is 9.93. The zero-order valence-corrected chi connectivity index (χ0v) is 17.1. The highest BCUT2D eigenvalue weighted by molar-refractivity contribution is 5.91. The number of piperidine rings is 1. The van der Waals surface area contributed by atoms with Gasteiger partial charge in [-0.15, -0.1) is 0 Å². The van der Waals surface area contributed by atoms with Gasteiger partial charge in [0, 0.05) is 49.9 Å². The average molecular weight is 403 g/mol. The lowest BCUT2D eigenvalue weighted by Gasteiger charge is -2.32. The number of aryl methyl sites for hydroxylation is 1. The Balaban J connectivity index is 1.35. The molecule has 1 aliphatic rings. The van der Waals surface area contributed by atoms with Crippen molar-refractivity contribution < 1.29 is 4.79 Å². The van der Waals surface area contributed by atoms with Crippen LogP contribution in [-0.2, 0) is 18.3 Å². The normalized spacial score (nSPS) is 16.7. The number of aromatic nitrogens is 4. The van der Waals surface area contributed by atoms with Gasteiger partial charge in [0.2, 0.25) is 5.91 Å². The Bertz CT molecular complexity index is 1010. The molecule has 0 unspecified atom stereocenters. The molecular formula is C23H26N6O. The first-order valence-electron chi connectivity index (χ1n) is 10.3. The van der Waals surface area contributed by atoms with Crippen molar-refractivity contribution in [2.45, 2.75) is 19.3 Å². The van der Waals surface area contributed by atoms with E-state index in [9.17, 15) is 4.79 Å². The van der Waals surface area contributed by atoms with Crippen molar-refractivity contribution in [2.75, 3.05) is 18.4 Å². The van der Waals surface area contributed by atoms with E-state index in [-0.39, 0.29) is 5.91 Å². The van der Waals surface area contributed by atoms with Crippen LogP contribution in [0.3, 0.4) is 0 Å². The van der Waals surface area contributed by atoms with Crippen molar-refractivity contribution in [3.8, 4) is 0 Å². The first-order valence-corrected chi connectivity index (χ1v) is 10.3. The molecule has 0 aliphatic carbocycles. The summed E-state index contributed by atoms with van der Waals surface area (Å²) in [5.74, 6) is 2.03. The molecule has 1 fully saturated rings. The predicted octanol–water partition coefficient (Wildman–Crippen LogP) is 3.45. The zero-order valence-electron chi connectivity index (χ0n) is 17.1. The van der Waals surface area contributed by atoms with Crippen molar-refractivity contribution >= 4 is 23.6 Å². The zero-order chi connectivity index (χ0) is 20.8.